The summed E-state index contributed by atoms with van der Waals surface area (Å²) in [7, 11) is 1.72. The predicted octanol–water partition coefficient (Wildman–Crippen LogP) is 2.72. The lowest BCUT2D eigenvalue weighted by Crippen LogP contribution is -2.15. The van der Waals surface area contributed by atoms with E-state index < -0.39 is 0 Å². The van der Waals surface area contributed by atoms with Crippen molar-refractivity contribution >= 4 is 5.78 Å². The highest BCUT2D eigenvalue weighted by Crippen LogP contribution is 2.20. The van der Waals surface area contributed by atoms with Gasteiger partial charge < -0.3 is 10.1 Å². The second-order valence-electron chi connectivity index (χ2n) is 5.35. The first-order valence-electron chi connectivity index (χ1n) is 7.05. The zero-order chi connectivity index (χ0) is 13.7. The van der Waals surface area contributed by atoms with Gasteiger partial charge in [0.05, 0.1) is 0 Å². The zero-order valence-corrected chi connectivity index (χ0v) is 11.9. The molecule has 0 saturated heterocycles. The molecule has 2 rings (SSSR count). The van der Waals surface area contributed by atoms with Gasteiger partial charge in [0.1, 0.15) is 0 Å². The van der Waals surface area contributed by atoms with E-state index in [1.54, 1.807) is 14.0 Å². The van der Waals surface area contributed by atoms with Gasteiger partial charge in [-0.15, -0.1) is 0 Å². The van der Waals surface area contributed by atoms with Crippen LogP contribution in [-0.4, -0.2) is 25.5 Å². The minimum atomic E-state index is 0.140. The monoisotopic (exact) mass is 261 g/mol. The molecule has 0 radical (unpaired) electrons. The SMILES string of the molecule is COCCCc1cc(CNC2CC2)cc(C(C)=O)c1. The van der Waals surface area contributed by atoms with Crippen molar-refractivity contribution in [1.82, 2.24) is 5.32 Å². The normalized spacial score (nSPS) is 14.6. The van der Waals surface area contributed by atoms with Gasteiger partial charge in [-0.3, -0.25) is 4.79 Å². The standard InChI is InChI=1S/C16H23NO2/c1-12(18)15-9-13(4-3-7-19-2)8-14(10-15)11-17-16-5-6-16/h8-10,16-17H,3-7,11H2,1-2H3. The van der Waals surface area contributed by atoms with Gasteiger partial charge in [0.25, 0.3) is 0 Å². The summed E-state index contributed by atoms with van der Waals surface area (Å²) in [6, 6.07) is 6.92. The maximum Gasteiger partial charge on any atom is 0.159 e. The molecule has 3 nitrogen and oxygen atoms in total. The number of carbonyl (C=O) groups excluding carboxylic acids is 1. The summed E-state index contributed by atoms with van der Waals surface area (Å²) >= 11 is 0. The number of rotatable bonds is 8. The average Bonchev–Trinajstić information content (AvgIpc) is 3.20. The fraction of sp³-hybridized carbons (Fsp3) is 0.562. The molecule has 1 N–H and O–H groups in total. The highest BCUT2D eigenvalue weighted by molar-refractivity contribution is 5.94. The van der Waals surface area contributed by atoms with Gasteiger partial charge in [-0.1, -0.05) is 6.07 Å². The van der Waals surface area contributed by atoms with Crippen molar-refractivity contribution in [2.24, 2.45) is 0 Å². The molecule has 104 valence electrons. The fourth-order valence-corrected chi connectivity index (χ4v) is 2.18. The Hall–Kier alpha value is -1.19. The number of hydrogen-bond donors (Lipinski definition) is 1. The number of benzene rings is 1. The summed E-state index contributed by atoms with van der Waals surface area (Å²) in [5, 5.41) is 3.50. The number of ether oxygens (including phenoxy) is 1. The van der Waals surface area contributed by atoms with Gasteiger partial charge in [-0.05, 0) is 55.9 Å². The van der Waals surface area contributed by atoms with Crippen LogP contribution in [-0.2, 0) is 17.7 Å². The van der Waals surface area contributed by atoms with Crippen molar-refractivity contribution in [1.29, 1.82) is 0 Å². The zero-order valence-electron chi connectivity index (χ0n) is 11.9. The third-order valence-electron chi connectivity index (χ3n) is 3.45. The van der Waals surface area contributed by atoms with Crippen molar-refractivity contribution in [3.8, 4) is 0 Å². The smallest absolute Gasteiger partial charge is 0.159 e. The van der Waals surface area contributed by atoms with E-state index >= 15 is 0 Å². The molecule has 0 unspecified atom stereocenters. The van der Waals surface area contributed by atoms with Crippen LogP contribution < -0.4 is 5.32 Å². The highest BCUT2D eigenvalue weighted by Gasteiger charge is 2.20. The number of nitrogens with one attached hydrogen (secondary N) is 1. The summed E-state index contributed by atoms with van der Waals surface area (Å²) in [5.74, 6) is 0.140. The first-order chi connectivity index (χ1) is 9.19. The molecular weight excluding hydrogens is 238 g/mol. The van der Waals surface area contributed by atoms with Gasteiger partial charge in [-0.2, -0.15) is 0 Å². The Balaban J connectivity index is 2.04. The van der Waals surface area contributed by atoms with Crippen molar-refractivity contribution < 1.29 is 9.53 Å². The van der Waals surface area contributed by atoms with Crippen molar-refractivity contribution in [3.63, 3.8) is 0 Å². The van der Waals surface area contributed by atoms with Crippen molar-refractivity contribution in [2.45, 2.75) is 45.2 Å². The van der Waals surface area contributed by atoms with E-state index in [1.807, 2.05) is 12.1 Å². The third-order valence-corrected chi connectivity index (χ3v) is 3.45. The van der Waals surface area contributed by atoms with Crippen LogP contribution >= 0.6 is 0 Å². The second kappa shape index (κ2) is 6.83. The van der Waals surface area contributed by atoms with E-state index in [4.69, 9.17) is 4.74 Å². The van der Waals surface area contributed by atoms with E-state index in [0.717, 1.165) is 31.6 Å². The number of methoxy groups -OCH3 is 1. The Morgan fingerprint density at radius 2 is 2.05 bits per heavy atom. The van der Waals surface area contributed by atoms with E-state index in [2.05, 4.69) is 11.4 Å². The molecule has 0 aromatic heterocycles. The van der Waals surface area contributed by atoms with Crippen LogP contribution in [0.4, 0.5) is 0 Å². The molecule has 0 atom stereocenters. The second-order valence-corrected chi connectivity index (χ2v) is 5.35. The largest absolute Gasteiger partial charge is 0.385 e. The molecule has 0 amide bonds. The number of Topliss-reactive ketones (excluding diaryl/α,β-unsaturated/α-hetero) is 1. The Morgan fingerprint density at radius 1 is 1.32 bits per heavy atom. The molecule has 0 bridgehead atoms. The Morgan fingerprint density at radius 3 is 2.68 bits per heavy atom. The van der Waals surface area contributed by atoms with Gasteiger partial charge in [0, 0.05) is 31.9 Å². The predicted molar refractivity (Wildman–Crippen MR) is 76.5 cm³/mol. The van der Waals surface area contributed by atoms with E-state index in [-0.39, 0.29) is 5.78 Å². The molecule has 1 saturated carbocycles. The number of carbonyl (C=O) groups is 1. The topological polar surface area (TPSA) is 38.3 Å². The average molecular weight is 261 g/mol. The van der Waals surface area contributed by atoms with Gasteiger partial charge in [0.2, 0.25) is 0 Å². The van der Waals surface area contributed by atoms with Crippen LogP contribution in [0.25, 0.3) is 0 Å². The van der Waals surface area contributed by atoms with Crippen LogP contribution in [0.5, 0.6) is 0 Å². The lowest BCUT2D eigenvalue weighted by molar-refractivity contribution is 0.101. The molecule has 0 heterocycles. The molecule has 0 spiro atoms. The minimum Gasteiger partial charge on any atom is -0.385 e. The maximum atomic E-state index is 11.6. The van der Waals surface area contributed by atoms with Crippen molar-refractivity contribution in [2.75, 3.05) is 13.7 Å². The third kappa shape index (κ3) is 4.77. The van der Waals surface area contributed by atoms with Crippen LogP contribution in [0.2, 0.25) is 0 Å². The summed E-state index contributed by atoms with van der Waals surface area (Å²) in [6.45, 7) is 3.26. The lowest BCUT2D eigenvalue weighted by atomic mass is 10.0. The molecule has 0 aliphatic heterocycles. The maximum absolute atomic E-state index is 11.6. The number of aryl methyl sites for hydroxylation is 1. The summed E-state index contributed by atoms with van der Waals surface area (Å²) < 4.78 is 5.08. The summed E-state index contributed by atoms with van der Waals surface area (Å²) in [5.41, 5.74) is 3.27. The molecule has 1 fully saturated rings. The van der Waals surface area contributed by atoms with Crippen LogP contribution in [0.15, 0.2) is 18.2 Å². The molecule has 1 aromatic carbocycles. The minimum absolute atomic E-state index is 0.140. The van der Waals surface area contributed by atoms with Gasteiger partial charge in [0.15, 0.2) is 5.78 Å². The van der Waals surface area contributed by atoms with Crippen LogP contribution in [0.1, 0.15) is 47.7 Å². The number of ketones is 1. The molecular formula is C16H23NO2. The van der Waals surface area contributed by atoms with Crippen LogP contribution in [0.3, 0.4) is 0 Å². The summed E-state index contributed by atoms with van der Waals surface area (Å²) in [4.78, 5) is 11.6. The Labute approximate surface area is 115 Å². The van der Waals surface area contributed by atoms with Gasteiger partial charge in [-0.25, -0.2) is 0 Å². The molecule has 3 heteroatoms. The quantitative estimate of drug-likeness (QED) is 0.577. The molecule has 1 aliphatic carbocycles. The lowest BCUT2D eigenvalue weighted by Gasteiger charge is -2.09. The number of hydrogen-bond acceptors (Lipinski definition) is 3. The summed E-state index contributed by atoms with van der Waals surface area (Å²) in [6.07, 6.45) is 4.53. The molecule has 1 aliphatic rings. The van der Waals surface area contributed by atoms with E-state index in [0.29, 0.717) is 6.04 Å². The highest BCUT2D eigenvalue weighted by atomic mass is 16.5. The van der Waals surface area contributed by atoms with Crippen molar-refractivity contribution in [3.05, 3.63) is 34.9 Å². The van der Waals surface area contributed by atoms with E-state index in [1.165, 1.54) is 24.0 Å². The Kier molecular flexibility index (Phi) is 5.11. The fourth-order valence-electron chi connectivity index (χ4n) is 2.18. The van der Waals surface area contributed by atoms with E-state index in [9.17, 15) is 4.79 Å². The Bertz CT molecular complexity index is 438. The molecule has 1 aromatic rings. The molecule has 19 heavy (non-hydrogen) atoms. The first kappa shape index (κ1) is 14.2. The van der Waals surface area contributed by atoms with Gasteiger partial charge >= 0.3 is 0 Å². The van der Waals surface area contributed by atoms with Crippen LogP contribution in [0, 0.1) is 0 Å². The first-order valence-corrected chi connectivity index (χ1v) is 7.05.